The second-order valence-corrected chi connectivity index (χ2v) is 7.86. The summed E-state index contributed by atoms with van der Waals surface area (Å²) < 4.78 is 25.3. The van der Waals surface area contributed by atoms with Crippen LogP contribution in [0.4, 0.5) is 0 Å². The summed E-state index contributed by atoms with van der Waals surface area (Å²) in [7, 11) is -2.18. The number of hydrogen-bond donors (Lipinski definition) is 1. The number of sulfonamides is 1. The van der Waals surface area contributed by atoms with E-state index in [1.54, 1.807) is 4.90 Å². The lowest BCUT2D eigenvalue weighted by Gasteiger charge is -2.26. The fourth-order valence-electron chi connectivity index (χ4n) is 2.73. The fourth-order valence-corrected chi connectivity index (χ4v) is 3.39. The minimum Gasteiger partial charge on any atom is -0.340 e. The first-order chi connectivity index (χ1) is 10.9. The highest BCUT2D eigenvalue weighted by Crippen LogP contribution is 2.15. The van der Waals surface area contributed by atoms with Crippen LogP contribution in [0.2, 0.25) is 0 Å². The van der Waals surface area contributed by atoms with E-state index in [2.05, 4.69) is 28.7 Å². The van der Waals surface area contributed by atoms with Gasteiger partial charge in [0.1, 0.15) is 5.75 Å². The number of hydrogen-bond acceptors (Lipinski definition) is 4. The number of benzene rings is 1. The Morgan fingerprint density at radius 2 is 1.91 bits per heavy atom. The summed E-state index contributed by atoms with van der Waals surface area (Å²) in [4.78, 5) is 16.2. The molecule has 6 nitrogen and oxygen atoms in total. The van der Waals surface area contributed by atoms with Gasteiger partial charge >= 0.3 is 0 Å². The number of carbonyl (C=O) groups is 1. The molecule has 1 saturated heterocycles. The molecule has 1 aliphatic rings. The van der Waals surface area contributed by atoms with E-state index in [0.717, 1.165) is 19.5 Å². The highest BCUT2D eigenvalue weighted by molar-refractivity contribution is 7.90. The predicted molar refractivity (Wildman–Crippen MR) is 90.4 cm³/mol. The van der Waals surface area contributed by atoms with Crippen molar-refractivity contribution in [1.29, 1.82) is 0 Å². The Morgan fingerprint density at radius 1 is 1.22 bits per heavy atom. The SMILES string of the molecule is CNS(=O)(=O)CC(=O)N1CC[C@@H](C)N(Cc2ccccc2)CC1. The Kier molecular flexibility index (Phi) is 6.15. The van der Waals surface area contributed by atoms with Crippen LogP contribution in [0.3, 0.4) is 0 Å². The van der Waals surface area contributed by atoms with Crippen LogP contribution in [-0.2, 0) is 21.4 Å². The van der Waals surface area contributed by atoms with Gasteiger partial charge in [0.05, 0.1) is 0 Å². The maximum absolute atomic E-state index is 12.2. The van der Waals surface area contributed by atoms with Gasteiger partial charge in [-0.1, -0.05) is 30.3 Å². The molecule has 0 unspecified atom stereocenters. The normalized spacial score (nSPS) is 20.3. The van der Waals surface area contributed by atoms with Crippen LogP contribution in [0.5, 0.6) is 0 Å². The third-order valence-electron chi connectivity index (χ3n) is 4.30. The van der Waals surface area contributed by atoms with Gasteiger partial charge in [0.25, 0.3) is 0 Å². The van der Waals surface area contributed by atoms with Gasteiger partial charge in [-0.2, -0.15) is 0 Å². The van der Waals surface area contributed by atoms with Crippen LogP contribution in [0.15, 0.2) is 30.3 Å². The van der Waals surface area contributed by atoms with E-state index in [9.17, 15) is 13.2 Å². The molecular formula is C16H25N3O3S. The lowest BCUT2D eigenvalue weighted by molar-refractivity contribution is -0.128. The Hall–Kier alpha value is -1.44. The molecule has 2 rings (SSSR count). The van der Waals surface area contributed by atoms with Crippen LogP contribution in [0.25, 0.3) is 0 Å². The van der Waals surface area contributed by atoms with E-state index >= 15 is 0 Å². The second-order valence-electron chi connectivity index (χ2n) is 5.94. The highest BCUT2D eigenvalue weighted by atomic mass is 32.2. The summed E-state index contributed by atoms with van der Waals surface area (Å²) in [6, 6.07) is 10.6. The molecule has 1 atom stereocenters. The lowest BCUT2D eigenvalue weighted by Crippen LogP contribution is -2.40. The summed E-state index contributed by atoms with van der Waals surface area (Å²) in [5.74, 6) is -0.801. The maximum Gasteiger partial charge on any atom is 0.239 e. The minimum atomic E-state index is -3.51. The monoisotopic (exact) mass is 339 g/mol. The summed E-state index contributed by atoms with van der Waals surface area (Å²) >= 11 is 0. The molecule has 23 heavy (non-hydrogen) atoms. The molecule has 1 aliphatic heterocycles. The third kappa shape index (κ3) is 5.30. The van der Waals surface area contributed by atoms with Crippen molar-refractivity contribution in [2.45, 2.75) is 25.9 Å². The Balaban J connectivity index is 1.96. The zero-order valence-electron chi connectivity index (χ0n) is 13.7. The summed E-state index contributed by atoms with van der Waals surface area (Å²) in [5.41, 5.74) is 1.25. The van der Waals surface area contributed by atoms with Crippen molar-refractivity contribution in [3.8, 4) is 0 Å². The van der Waals surface area contributed by atoms with Crippen LogP contribution in [0.1, 0.15) is 18.9 Å². The summed E-state index contributed by atoms with van der Waals surface area (Å²) in [6.07, 6.45) is 0.845. The van der Waals surface area contributed by atoms with Gasteiger partial charge in [-0.25, -0.2) is 13.1 Å². The smallest absolute Gasteiger partial charge is 0.239 e. The van der Waals surface area contributed by atoms with Crippen LogP contribution >= 0.6 is 0 Å². The standard InChI is InChI=1S/C16H25N3O3S/c1-14-8-9-18(16(20)13-23(21,22)17-2)10-11-19(14)12-15-6-4-3-5-7-15/h3-7,14,17H,8-13H2,1-2H3/t14-/m1/s1. The van der Waals surface area contributed by atoms with Crippen LogP contribution < -0.4 is 4.72 Å². The van der Waals surface area contributed by atoms with Crippen molar-refractivity contribution in [3.05, 3.63) is 35.9 Å². The molecule has 1 N–H and O–H groups in total. The van der Waals surface area contributed by atoms with Gasteiger partial charge < -0.3 is 4.90 Å². The molecule has 0 aromatic heterocycles. The van der Waals surface area contributed by atoms with E-state index in [1.807, 2.05) is 18.2 Å². The topological polar surface area (TPSA) is 69.7 Å². The van der Waals surface area contributed by atoms with Gasteiger partial charge in [0, 0.05) is 32.2 Å². The molecule has 0 aliphatic carbocycles. The molecule has 128 valence electrons. The minimum absolute atomic E-state index is 0.326. The quantitative estimate of drug-likeness (QED) is 0.856. The zero-order chi connectivity index (χ0) is 16.9. The average molecular weight is 339 g/mol. The second kappa shape index (κ2) is 7.90. The van der Waals surface area contributed by atoms with Gasteiger partial charge in [-0.3, -0.25) is 9.69 Å². The molecule has 7 heteroatoms. The molecule has 1 fully saturated rings. The third-order valence-corrected chi connectivity index (χ3v) is 5.55. The number of rotatable bonds is 5. The first kappa shape index (κ1) is 17.9. The van der Waals surface area contributed by atoms with Crippen molar-refractivity contribution in [1.82, 2.24) is 14.5 Å². The first-order valence-corrected chi connectivity index (χ1v) is 9.53. The summed E-state index contributed by atoms with van der Waals surface area (Å²) in [6.45, 7) is 4.92. The molecule has 0 saturated carbocycles. The maximum atomic E-state index is 12.2. The summed E-state index contributed by atoms with van der Waals surface area (Å²) in [5, 5.41) is 0. The molecule has 1 amide bonds. The Labute approximate surface area is 138 Å². The molecule has 0 radical (unpaired) electrons. The molecule has 1 heterocycles. The lowest BCUT2D eigenvalue weighted by atomic mass is 10.1. The highest BCUT2D eigenvalue weighted by Gasteiger charge is 2.26. The number of amides is 1. The molecule has 0 bridgehead atoms. The van der Waals surface area contributed by atoms with Gasteiger partial charge in [-0.05, 0) is 26.0 Å². The van der Waals surface area contributed by atoms with E-state index < -0.39 is 15.8 Å². The van der Waals surface area contributed by atoms with Gasteiger partial charge in [0.2, 0.25) is 15.9 Å². The molecular weight excluding hydrogens is 314 g/mol. The van der Waals surface area contributed by atoms with E-state index in [0.29, 0.717) is 19.1 Å². The van der Waals surface area contributed by atoms with Gasteiger partial charge in [-0.15, -0.1) is 0 Å². The number of nitrogens with one attached hydrogen (secondary N) is 1. The fraction of sp³-hybridized carbons (Fsp3) is 0.562. The van der Waals surface area contributed by atoms with Crippen molar-refractivity contribution in [2.24, 2.45) is 0 Å². The van der Waals surface area contributed by atoms with Crippen molar-refractivity contribution < 1.29 is 13.2 Å². The van der Waals surface area contributed by atoms with Gasteiger partial charge in [0.15, 0.2) is 0 Å². The van der Waals surface area contributed by atoms with Crippen LogP contribution in [-0.4, -0.2) is 62.6 Å². The van der Waals surface area contributed by atoms with E-state index in [4.69, 9.17) is 0 Å². The zero-order valence-corrected chi connectivity index (χ0v) is 14.6. The predicted octanol–water partition coefficient (Wildman–Crippen LogP) is 0.659. The van der Waals surface area contributed by atoms with E-state index in [-0.39, 0.29) is 5.91 Å². The average Bonchev–Trinajstić information content (AvgIpc) is 2.71. The van der Waals surface area contributed by atoms with Crippen molar-refractivity contribution in [2.75, 3.05) is 32.4 Å². The first-order valence-electron chi connectivity index (χ1n) is 7.88. The molecule has 1 aromatic rings. The van der Waals surface area contributed by atoms with Crippen molar-refractivity contribution >= 4 is 15.9 Å². The van der Waals surface area contributed by atoms with E-state index in [1.165, 1.54) is 12.6 Å². The van der Waals surface area contributed by atoms with Crippen molar-refractivity contribution in [3.63, 3.8) is 0 Å². The number of carbonyl (C=O) groups excluding carboxylic acids is 1. The number of nitrogens with zero attached hydrogens (tertiary/aromatic N) is 2. The van der Waals surface area contributed by atoms with Crippen LogP contribution in [0, 0.1) is 0 Å². The Bertz CT molecular complexity index is 619. The Morgan fingerprint density at radius 3 is 2.57 bits per heavy atom. The molecule has 1 aromatic carbocycles. The molecule has 0 spiro atoms. The largest absolute Gasteiger partial charge is 0.340 e.